The summed E-state index contributed by atoms with van der Waals surface area (Å²) in [6.45, 7) is 1.98. The number of nitrogens with zero attached hydrogens (tertiary/aromatic N) is 2. The molecule has 1 aliphatic rings. The van der Waals surface area contributed by atoms with E-state index in [1.807, 2.05) is 19.1 Å². The zero-order valence-electron chi connectivity index (χ0n) is 17.6. The summed E-state index contributed by atoms with van der Waals surface area (Å²) in [5, 5.41) is 22.2. The molecule has 0 spiro atoms. The number of nitro groups is 1. The number of carbonyl (C=O) groups is 2. The Hall–Kier alpha value is -4.33. The third-order valence-electron chi connectivity index (χ3n) is 5.58. The van der Waals surface area contributed by atoms with Gasteiger partial charge in [0.15, 0.2) is 0 Å². The summed E-state index contributed by atoms with van der Waals surface area (Å²) in [5.41, 5.74) is 1.39. The van der Waals surface area contributed by atoms with Gasteiger partial charge in [-0.2, -0.15) is 0 Å². The van der Waals surface area contributed by atoms with Crippen LogP contribution in [0.3, 0.4) is 0 Å². The number of hydrogen-bond acceptors (Lipinski definition) is 5. The largest absolute Gasteiger partial charge is 0.507 e. The van der Waals surface area contributed by atoms with Gasteiger partial charge in [0.25, 0.3) is 17.4 Å². The van der Waals surface area contributed by atoms with Crippen LogP contribution in [0.2, 0.25) is 0 Å². The average molecular weight is 446 g/mol. The number of rotatable bonds is 5. The van der Waals surface area contributed by atoms with E-state index in [-0.39, 0.29) is 16.8 Å². The third-order valence-corrected chi connectivity index (χ3v) is 5.58. The number of amides is 1. The second-order valence-corrected chi connectivity index (χ2v) is 7.55. The molecule has 0 bridgehead atoms. The van der Waals surface area contributed by atoms with E-state index in [9.17, 15) is 29.2 Å². The Morgan fingerprint density at radius 2 is 1.73 bits per heavy atom. The minimum Gasteiger partial charge on any atom is -0.507 e. The molecule has 0 radical (unpaired) electrons. The molecule has 1 atom stereocenters. The van der Waals surface area contributed by atoms with Crippen LogP contribution in [-0.4, -0.2) is 21.7 Å². The number of carbonyl (C=O) groups excluding carboxylic acids is 2. The van der Waals surface area contributed by atoms with E-state index in [0.717, 1.165) is 18.1 Å². The fourth-order valence-corrected chi connectivity index (χ4v) is 3.87. The van der Waals surface area contributed by atoms with Crippen LogP contribution in [0.25, 0.3) is 5.76 Å². The molecular weight excluding hydrogens is 427 g/mol. The van der Waals surface area contributed by atoms with Crippen LogP contribution in [0, 0.1) is 15.9 Å². The molecule has 3 aromatic carbocycles. The van der Waals surface area contributed by atoms with Crippen molar-refractivity contribution in [3.05, 3.63) is 111 Å². The predicted molar refractivity (Wildman–Crippen MR) is 120 cm³/mol. The Balaban J connectivity index is 1.92. The van der Waals surface area contributed by atoms with Crippen molar-refractivity contribution in [2.45, 2.75) is 19.4 Å². The van der Waals surface area contributed by atoms with E-state index in [2.05, 4.69) is 0 Å². The van der Waals surface area contributed by atoms with Crippen molar-refractivity contribution < 1.29 is 24.0 Å². The molecule has 1 unspecified atom stereocenters. The lowest BCUT2D eigenvalue weighted by Crippen LogP contribution is -2.29. The molecule has 33 heavy (non-hydrogen) atoms. The summed E-state index contributed by atoms with van der Waals surface area (Å²) in [4.78, 5) is 37.9. The standard InChI is InChI=1S/C25H19FN2O5/c1-2-15-6-12-19(13-7-15)27-22(16-8-10-18(26)11-9-16)21(24(30)25(27)31)23(29)17-4-3-5-20(14-17)28(32)33/h3-14,22,29H,2H2,1H3/b23-21-. The Kier molecular flexibility index (Phi) is 5.74. The first-order chi connectivity index (χ1) is 15.8. The van der Waals surface area contributed by atoms with Crippen LogP contribution in [0.5, 0.6) is 0 Å². The zero-order chi connectivity index (χ0) is 23.7. The van der Waals surface area contributed by atoms with Crippen LogP contribution in [0.1, 0.15) is 29.7 Å². The predicted octanol–water partition coefficient (Wildman–Crippen LogP) is 4.92. The lowest BCUT2D eigenvalue weighted by Gasteiger charge is -2.25. The van der Waals surface area contributed by atoms with Crippen molar-refractivity contribution in [3.63, 3.8) is 0 Å². The minimum atomic E-state index is -1.04. The molecule has 0 aromatic heterocycles. The maximum absolute atomic E-state index is 13.6. The van der Waals surface area contributed by atoms with Crippen molar-refractivity contribution in [1.82, 2.24) is 0 Å². The van der Waals surface area contributed by atoms with Crippen molar-refractivity contribution >= 4 is 28.8 Å². The molecule has 1 N–H and O–H groups in total. The monoisotopic (exact) mass is 446 g/mol. The second-order valence-electron chi connectivity index (χ2n) is 7.55. The van der Waals surface area contributed by atoms with Crippen molar-refractivity contribution in [3.8, 4) is 0 Å². The Morgan fingerprint density at radius 1 is 1.06 bits per heavy atom. The van der Waals surface area contributed by atoms with Gasteiger partial charge >= 0.3 is 0 Å². The number of halogens is 1. The maximum atomic E-state index is 13.6. The highest BCUT2D eigenvalue weighted by molar-refractivity contribution is 6.51. The number of anilines is 1. The number of hydrogen-bond donors (Lipinski definition) is 1. The van der Waals surface area contributed by atoms with Crippen molar-refractivity contribution in [2.75, 3.05) is 4.90 Å². The third kappa shape index (κ3) is 3.98. The molecule has 7 nitrogen and oxygen atoms in total. The van der Waals surface area contributed by atoms with Gasteiger partial charge in [-0.25, -0.2) is 4.39 Å². The molecule has 1 amide bonds. The molecule has 8 heteroatoms. The number of aliphatic hydroxyl groups excluding tert-OH is 1. The highest BCUT2D eigenvalue weighted by Crippen LogP contribution is 2.42. The number of Topliss-reactive ketones (excluding diaryl/α,β-unsaturated/α-hetero) is 1. The lowest BCUT2D eigenvalue weighted by atomic mass is 9.95. The van der Waals surface area contributed by atoms with E-state index in [4.69, 9.17) is 0 Å². The summed E-state index contributed by atoms with van der Waals surface area (Å²) in [7, 11) is 0. The van der Waals surface area contributed by atoms with Gasteiger partial charge in [0, 0.05) is 23.4 Å². The average Bonchev–Trinajstić information content (AvgIpc) is 3.09. The fraction of sp³-hybridized carbons (Fsp3) is 0.120. The summed E-state index contributed by atoms with van der Waals surface area (Å²) >= 11 is 0. The lowest BCUT2D eigenvalue weighted by molar-refractivity contribution is -0.384. The van der Waals surface area contributed by atoms with Gasteiger partial charge in [0.2, 0.25) is 0 Å². The van der Waals surface area contributed by atoms with Crippen LogP contribution < -0.4 is 4.90 Å². The van der Waals surface area contributed by atoms with E-state index in [1.165, 1.54) is 47.4 Å². The van der Waals surface area contributed by atoms with Crippen molar-refractivity contribution in [1.29, 1.82) is 0 Å². The summed E-state index contributed by atoms with van der Waals surface area (Å²) in [5.74, 6) is -2.84. The molecule has 0 saturated carbocycles. The molecule has 3 aromatic rings. The Morgan fingerprint density at radius 3 is 2.33 bits per heavy atom. The van der Waals surface area contributed by atoms with E-state index < -0.39 is 34.2 Å². The van der Waals surface area contributed by atoms with E-state index in [1.54, 1.807) is 12.1 Å². The number of aliphatic hydroxyl groups is 1. The summed E-state index contributed by atoms with van der Waals surface area (Å²) in [6.07, 6.45) is 0.785. The van der Waals surface area contributed by atoms with Crippen LogP contribution >= 0.6 is 0 Å². The van der Waals surface area contributed by atoms with Gasteiger partial charge in [-0.3, -0.25) is 24.6 Å². The van der Waals surface area contributed by atoms with Gasteiger partial charge in [-0.1, -0.05) is 43.3 Å². The summed E-state index contributed by atoms with van der Waals surface area (Å²) < 4.78 is 13.6. The minimum absolute atomic E-state index is 0.0237. The Bertz CT molecular complexity index is 1280. The number of nitro benzene ring substituents is 1. The topological polar surface area (TPSA) is 101 Å². The Labute approximate surface area is 188 Å². The molecule has 1 saturated heterocycles. The van der Waals surface area contributed by atoms with Gasteiger partial charge < -0.3 is 5.11 Å². The normalized spacial score (nSPS) is 17.4. The number of ketones is 1. The SMILES string of the molecule is CCc1ccc(N2C(=O)C(=O)/C(=C(\O)c3cccc([N+](=O)[O-])c3)C2c2ccc(F)cc2)cc1. The molecule has 166 valence electrons. The molecule has 1 aliphatic heterocycles. The number of aryl methyl sites for hydroxylation is 1. The molecule has 4 rings (SSSR count). The quantitative estimate of drug-likeness (QED) is 0.197. The first-order valence-electron chi connectivity index (χ1n) is 10.2. The van der Waals surface area contributed by atoms with Crippen LogP contribution in [0.15, 0.2) is 78.4 Å². The highest BCUT2D eigenvalue weighted by atomic mass is 19.1. The smallest absolute Gasteiger partial charge is 0.300 e. The molecule has 1 fully saturated rings. The fourth-order valence-electron chi connectivity index (χ4n) is 3.87. The maximum Gasteiger partial charge on any atom is 0.300 e. The molecule has 1 heterocycles. The van der Waals surface area contributed by atoms with Gasteiger partial charge in [0.1, 0.15) is 11.6 Å². The number of non-ortho nitro benzene ring substituents is 1. The second kappa shape index (κ2) is 8.66. The van der Waals surface area contributed by atoms with Gasteiger partial charge in [-0.15, -0.1) is 0 Å². The van der Waals surface area contributed by atoms with Gasteiger partial charge in [-0.05, 0) is 41.8 Å². The number of benzene rings is 3. The van der Waals surface area contributed by atoms with Crippen LogP contribution in [0.4, 0.5) is 15.8 Å². The first kappa shape index (κ1) is 21.9. The molecular formula is C25H19FN2O5. The summed E-state index contributed by atoms with van der Waals surface area (Å²) in [6, 6.07) is 16.4. The van der Waals surface area contributed by atoms with Crippen LogP contribution in [-0.2, 0) is 16.0 Å². The van der Waals surface area contributed by atoms with E-state index >= 15 is 0 Å². The van der Waals surface area contributed by atoms with Gasteiger partial charge in [0.05, 0.1) is 16.5 Å². The first-order valence-corrected chi connectivity index (χ1v) is 10.2. The molecule has 0 aliphatic carbocycles. The highest BCUT2D eigenvalue weighted by Gasteiger charge is 2.47. The zero-order valence-corrected chi connectivity index (χ0v) is 17.6. The van der Waals surface area contributed by atoms with Crippen molar-refractivity contribution in [2.24, 2.45) is 0 Å². The van der Waals surface area contributed by atoms with E-state index in [0.29, 0.717) is 11.3 Å².